The van der Waals surface area contributed by atoms with Gasteiger partial charge in [-0.2, -0.15) is 0 Å². The van der Waals surface area contributed by atoms with E-state index in [0.717, 1.165) is 0 Å². The molecule has 0 saturated carbocycles. The average Bonchev–Trinajstić information content (AvgIpc) is 2.91. The van der Waals surface area contributed by atoms with Crippen molar-refractivity contribution in [2.24, 2.45) is 0 Å². The molecule has 1 fully saturated rings. The standard InChI is InChI=1S/C12H15NO4/c1-15-10-5-9(6-11(7-10)16-2)12(14)13-3-4-17-8-13/h5-7H,3-4,8H2,1-2H3. The maximum absolute atomic E-state index is 12.1. The summed E-state index contributed by atoms with van der Waals surface area (Å²) in [6.07, 6.45) is 0. The lowest BCUT2D eigenvalue weighted by Crippen LogP contribution is -2.28. The molecule has 0 radical (unpaired) electrons. The fourth-order valence-electron chi connectivity index (χ4n) is 1.69. The van der Waals surface area contributed by atoms with Gasteiger partial charge in [-0.1, -0.05) is 0 Å². The SMILES string of the molecule is COc1cc(OC)cc(C(=O)N2CCOC2)c1. The van der Waals surface area contributed by atoms with Gasteiger partial charge >= 0.3 is 0 Å². The summed E-state index contributed by atoms with van der Waals surface area (Å²) < 4.78 is 15.4. The average molecular weight is 237 g/mol. The van der Waals surface area contributed by atoms with Crippen molar-refractivity contribution < 1.29 is 19.0 Å². The summed E-state index contributed by atoms with van der Waals surface area (Å²) in [5, 5.41) is 0. The smallest absolute Gasteiger partial charge is 0.256 e. The number of nitrogens with zero attached hydrogens (tertiary/aromatic N) is 1. The summed E-state index contributed by atoms with van der Waals surface area (Å²) in [5.74, 6) is 1.14. The second-order valence-corrected chi connectivity index (χ2v) is 3.71. The minimum absolute atomic E-state index is 0.0697. The fraction of sp³-hybridized carbons (Fsp3) is 0.417. The Kier molecular flexibility index (Phi) is 3.49. The van der Waals surface area contributed by atoms with E-state index in [0.29, 0.717) is 36.9 Å². The highest BCUT2D eigenvalue weighted by molar-refractivity contribution is 5.95. The van der Waals surface area contributed by atoms with Crippen LogP contribution in [0.2, 0.25) is 0 Å². The lowest BCUT2D eigenvalue weighted by Gasteiger charge is -2.14. The molecule has 0 spiro atoms. The Morgan fingerprint density at radius 3 is 2.35 bits per heavy atom. The van der Waals surface area contributed by atoms with Gasteiger partial charge in [0, 0.05) is 18.2 Å². The first-order valence-corrected chi connectivity index (χ1v) is 5.34. The van der Waals surface area contributed by atoms with Gasteiger partial charge in [-0.05, 0) is 12.1 Å². The normalized spacial score (nSPS) is 14.8. The minimum atomic E-state index is -0.0697. The van der Waals surface area contributed by atoms with Crippen LogP contribution in [0.25, 0.3) is 0 Å². The number of methoxy groups -OCH3 is 2. The van der Waals surface area contributed by atoms with Crippen molar-refractivity contribution in [2.45, 2.75) is 0 Å². The second-order valence-electron chi connectivity index (χ2n) is 3.71. The van der Waals surface area contributed by atoms with Crippen LogP contribution in [0.1, 0.15) is 10.4 Å². The number of rotatable bonds is 3. The molecular weight excluding hydrogens is 222 g/mol. The monoisotopic (exact) mass is 237 g/mol. The molecule has 17 heavy (non-hydrogen) atoms. The maximum Gasteiger partial charge on any atom is 0.256 e. The molecule has 1 aromatic rings. The van der Waals surface area contributed by atoms with Crippen molar-refractivity contribution in [3.8, 4) is 11.5 Å². The number of ether oxygens (including phenoxy) is 3. The summed E-state index contributed by atoms with van der Waals surface area (Å²) >= 11 is 0. The van der Waals surface area contributed by atoms with Crippen LogP contribution < -0.4 is 9.47 Å². The van der Waals surface area contributed by atoms with Crippen LogP contribution >= 0.6 is 0 Å². The van der Waals surface area contributed by atoms with Gasteiger partial charge in [0.1, 0.15) is 18.2 Å². The number of hydrogen-bond acceptors (Lipinski definition) is 4. The Labute approximate surface area is 99.9 Å². The van der Waals surface area contributed by atoms with E-state index in [1.807, 2.05) is 0 Å². The van der Waals surface area contributed by atoms with Crippen LogP contribution in [-0.4, -0.2) is 44.9 Å². The van der Waals surface area contributed by atoms with Crippen LogP contribution in [0.15, 0.2) is 18.2 Å². The van der Waals surface area contributed by atoms with Crippen LogP contribution in [-0.2, 0) is 4.74 Å². The van der Waals surface area contributed by atoms with Gasteiger partial charge in [0.05, 0.1) is 20.8 Å². The molecule has 1 saturated heterocycles. The van der Waals surface area contributed by atoms with E-state index in [1.54, 1.807) is 37.3 Å². The van der Waals surface area contributed by atoms with Gasteiger partial charge in [-0.3, -0.25) is 4.79 Å². The molecule has 2 rings (SSSR count). The third kappa shape index (κ3) is 2.50. The molecule has 5 nitrogen and oxygen atoms in total. The summed E-state index contributed by atoms with van der Waals surface area (Å²) in [6.45, 7) is 1.56. The fourth-order valence-corrected chi connectivity index (χ4v) is 1.69. The molecule has 5 heteroatoms. The van der Waals surface area contributed by atoms with Crippen LogP contribution in [0.3, 0.4) is 0 Å². The predicted octanol–water partition coefficient (Wildman–Crippen LogP) is 1.13. The van der Waals surface area contributed by atoms with Crippen LogP contribution in [0.5, 0.6) is 11.5 Å². The van der Waals surface area contributed by atoms with E-state index >= 15 is 0 Å². The molecule has 1 amide bonds. The van der Waals surface area contributed by atoms with Crippen molar-refractivity contribution in [3.63, 3.8) is 0 Å². The Bertz CT molecular complexity index is 391. The molecule has 0 aliphatic carbocycles. The Hall–Kier alpha value is -1.75. The highest BCUT2D eigenvalue weighted by Gasteiger charge is 2.21. The van der Waals surface area contributed by atoms with E-state index in [4.69, 9.17) is 14.2 Å². The largest absolute Gasteiger partial charge is 0.497 e. The van der Waals surface area contributed by atoms with Crippen molar-refractivity contribution >= 4 is 5.91 Å². The molecular formula is C12H15NO4. The minimum Gasteiger partial charge on any atom is -0.497 e. The number of benzene rings is 1. The van der Waals surface area contributed by atoms with Gasteiger partial charge in [-0.15, -0.1) is 0 Å². The molecule has 92 valence electrons. The Morgan fingerprint density at radius 1 is 1.24 bits per heavy atom. The quantitative estimate of drug-likeness (QED) is 0.790. The van der Waals surface area contributed by atoms with E-state index in [-0.39, 0.29) is 5.91 Å². The van der Waals surface area contributed by atoms with E-state index in [1.165, 1.54) is 0 Å². The highest BCUT2D eigenvalue weighted by Crippen LogP contribution is 2.23. The summed E-state index contributed by atoms with van der Waals surface area (Å²) in [7, 11) is 3.12. The zero-order valence-electron chi connectivity index (χ0n) is 9.93. The van der Waals surface area contributed by atoms with Crippen LogP contribution in [0, 0.1) is 0 Å². The van der Waals surface area contributed by atoms with Crippen molar-refractivity contribution in [1.82, 2.24) is 4.90 Å². The first-order chi connectivity index (χ1) is 8.24. The van der Waals surface area contributed by atoms with Crippen LogP contribution in [0.4, 0.5) is 0 Å². The first kappa shape index (κ1) is 11.7. The Balaban J connectivity index is 2.26. The van der Waals surface area contributed by atoms with Gasteiger partial charge in [0.2, 0.25) is 0 Å². The zero-order valence-corrected chi connectivity index (χ0v) is 9.93. The first-order valence-electron chi connectivity index (χ1n) is 5.34. The zero-order chi connectivity index (χ0) is 12.3. The van der Waals surface area contributed by atoms with E-state index < -0.39 is 0 Å². The molecule has 1 aliphatic heterocycles. The molecule has 1 aliphatic rings. The van der Waals surface area contributed by atoms with Gasteiger partial charge in [-0.25, -0.2) is 0 Å². The number of hydrogen-bond donors (Lipinski definition) is 0. The Morgan fingerprint density at radius 2 is 1.88 bits per heavy atom. The van der Waals surface area contributed by atoms with E-state index in [9.17, 15) is 4.79 Å². The third-order valence-corrected chi connectivity index (χ3v) is 2.64. The number of carbonyl (C=O) groups excluding carboxylic acids is 1. The molecule has 0 aromatic heterocycles. The molecule has 0 atom stereocenters. The summed E-state index contributed by atoms with van der Waals surface area (Å²) in [4.78, 5) is 13.8. The molecule has 0 N–H and O–H groups in total. The second kappa shape index (κ2) is 5.05. The molecule has 0 unspecified atom stereocenters. The van der Waals surface area contributed by atoms with E-state index in [2.05, 4.69) is 0 Å². The van der Waals surface area contributed by atoms with Gasteiger partial charge < -0.3 is 19.1 Å². The van der Waals surface area contributed by atoms with Gasteiger partial charge in [0.25, 0.3) is 5.91 Å². The maximum atomic E-state index is 12.1. The van der Waals surface area contributed by atoms with Crippen molar-refractivity contribution in [3.05, 3.63) is 23.8 Å². The summed E-state index contributed by atoms with van der Waals surface area (Å²) in [5.41, 5.74) is 0.548. The lowest BCUT2D eigenvalue weighted by molar-refractivity contribution is 0.0694. The van der Waals surface area contributed by atoms with Gasteiger partial charge in [0.15, 0.2) is 0 Å². The highest BCUT2D eigenvalue weighted by atomic mass is 16.5. The van der Waals surface area contributed by atoms with Crippen molar-refractivity contribution in [2.75, 3.05) is 34.1 Å². The third-order valence-electron chi connectivity index (χ3n) is 2.64. The molecule has 0 bridgehead atoms. The number of carbonyl (C=O) groups is 1. The lowest BCUT2D eigenvalue weighted by atomic mass is 10.1. The molecule has 1 heterocycles. The summed E-state index contributed by atoms with van der Waals surface area (Å²) in [6, 6.07) is 5.13. The topological polar surface area (TPSA) is 48.0 Å². The van der Waals surface area contributed by atoms with Crippen molar-refractivity contribution in [1.29, 1.82) is 0 Å². The number of amides is 1. The molecule has 1 aromatic carbocycles. The predicted molar refractivity (Wildman–Crippen MR) is 61.4 cm³/mol.